The zero-order valence-electron chi connectivity index (χ0n) is 17.5. The van der Waals surface area contributed by atoms with Gasteiger partial charge < -0.3 is 9.67 Å². The molecule has 0 unspecified atom stereocenters. The van der Waals surface area contributed by atoms with Gasteiger partial charge in [0, 0.05) is 31.8 Å². The second kappa shape index (κ2) is 8.98. The van der Waals surface area contributed by atoms with Gasteiger partial charge in [-0.3, -0.25) is 14.5 Å². The van der Waals surface area contributed by atoms with Gasteiger partial charge in [0.2, 0.25) is 0 Å². The van der Waals surface area contributed by atoms with Crippen molar-refractivity contribution in [3.63, 3.8) is 0 Å². The van der Waals surface area contributed by atoms with Crippen LogP contribution in [0.5, 0.6) is 0 Å². The number of hydrogen-bond donors (Lipinski definition) is 1. The van der Waals surface area contributed by atoms with Crippen LogP contribution in [0.3, 0.4) is 0 Å². The fourth-order valence-electron chi connectivity index (χ4n) is 4.07. The normalized spacial score (nSPS) is 15.2. The van der Waals surface area contributed by atoms with Gasteiger partial charge in [-0.05, 0) is 42.0 Å². The number of amides is 1. The number of aromatic nitrogens is 1. The van der Waals surface area contributed by atoms with Crippen molar-refractivity contribution in [2.75, 3.05) is 6.54 Å². The number of nitrogens with zero attached hydrogens (tertiary/aromatic N) is 2. The first kappa shape index (κ1) is 22.8. The minimum atomic E-state index is -1.12. The second-order valence-corrected chi connectivity index (χ2v) is 10.4. The van der Waals surface area contributed by atoms with E-state index >= 15 is 0 Å². The maximum Gasteiger partial charge on any atom is 0.323 e. The van der Waals surface area contributed by atoms with E-state index in [0.717, 1.165) is 44.0 Å². The summed E-state index contributed by atoms with van der Waals surface area (Å²) in [5.41, 5.74) is 3.29. The van der Waals surface area contributed by atoms with Crippen molar-refractivity contribution >= 4 is 84.0 Å². The first-order chi connectivity index (χ1) is 16.3. The molecule has 0 radical (unpaired) electrons. The monoisotopic (exact) mass is 554 g/mol. The Hall–Kier alpha value is -3.01. The number of carbonyl (C=O) groups excluding carboxylic acids is 1. The molecule has 9 heteroatoms. The lowest BCUT2D eigenvalue weighted by Crippen LogP contribution is -2.33. The Morgan fingerprint density at radius 1 is 1.09 bits per heavy atom. The molecule has 5 nitrogen and oxygen atoms in total. The predicted molar refractivity (Wildman–Crippen MR) is 140 cm³/mol. The molecule has 5 rings (SSSR count). The predicted octanol–water partition coefficient (Wildman–Crippen LogP) is 6.03. The lowest BCUT2D eigenvalue weighted by molar-refractivity contribution is -0.140. The van der Waals surface area contributed by atoms with Crippen LogP contribution in [0.25, 0.3) is 27.9 Å². The molecular formula is C25H16BrFN2O3S2. The van der Waals surface area contributed by atoms with Gasteiger partial charge in [0.15, 0.2) is 0 Å². The summed E-state index contributed by atoms with van der Waals surface area (Å²) in [6.07, 6.45) is 1.72. The molecule has 1 N–H and O–H groups in total. The molecule has 170 valence electrons. The molecule has 4 aromatic rings. The highest BCUT2D eigenvalue weighted by molar-refractivity contribution is 9.10. The van der Waals surface area contributed by atoms with E-state index in [1.165, 1.54) is 6.07 Å². The molecule has 0 bridgehead atoms. The van der Waals surface area contributed by atoms with Crippen molar-refractivity contribution in [3.05, 3.63) is 87.0 Å². The molecule has 1 aromatic heterocycles. The average Bonchev–Trinajstić information content (AvgIpc) is 3.24. The lowest BCUT2D eigenvalue weighted by atomic mass is 10.1. The number of carboxylic acid groups (broad SMARTS) is 1. The topological polar surface area (TPSA) is 62.5 Å². The van der Waals surface area contributed by atoms with Crippen LogP contribution in [0.1, 0.15) is 11.1 Å². The van der Waals surface area contributed by atoms with E-state index in [-0.39, 0.29) is 10.1 Å². The first-order valence-electron chi connectivity index (χ1n) is 10.2. The average molecular weight is 555 g/mol. The smallest absolute Gasteiger partial charge is 0.323 e. The fraction of sp³-hybridized carbons (Fsp3) is 0.0800. The number of benzene rings is 3. The van der Waals surface area contributed by atoms with Crippen molar-refractivity contribution in [2.24, 2.45) is 0 Å². The molecule has 1 saturated heterocycles. The van der Waals surface area contributed by atoms with E-state index < -0.39 is 18.4 Å². The third kappa shape index (κ3) is 4.15. The number of halogens is 2. The van der Waals surface area contributed by atoms with Crippen LogP contribution in [0, 0.1) is 5.82 Å². The van der Waals surface area contributed by atoms with E-state index in [9.17, 15) is 14.0 Å². The zero-order chi connectivity index (χ0) is 24.0. The first-order valence-corrected chi connectivity index (χ1v) is 12.3. The maximum absolute atomic E-state index is 14.6. The van der Waals surface area contributed by atoms with Crippen LogP contribution in [0.4, 0.5) is 4.39 Å². The van der Waals surface area contributed by atoms with Gasteiger partial charge in [-0.1, -0.05) is 70.2 Å². The number of hydrogen-bond acceptors (Lipinski definition) is 4. The Morgan fingerprint density at radius 2 is 1.85 bits per heavy atom. The number of thioether (sulfide) groups is 1. The Kier molecular flexibility index (Phi) is 6.01. The Labute approximate surface area is 212 Å². The van der Waals surface area contributed by atoms with Crippen LogP contribution in [-0.2, 0) is 16.1 Å². The van der Waals surface area contributed by atoms with Crippen molar-refractivity contribution < 1.29 is 19.1 Å². The van der Waals surface area contributed by atoms with Crippen LogP contribution in [-0.4, -0.2) is 37.3 Å². The third-order valence-corrected chi connectivity index (χ3v) is 7.48. The number of fused-ring (bicyclic) bond motifs is 3. The van der Waals surface area contributed by atoms with Crippen LogP contribution in [0.15, 0.2) is 70.0 Å². The van der Waals surface area contributed by atoms with Gasteiger partial charge in [0.25, 0.3) is 5.91 Å². The lowest BCUT2D eigenvalue weighted by Gasteiger charge is -2.10. The number of carboxylic acids is 1. The molecule has 1 fully saturated rings. The van der Waals surface area contributed by atoms with E-state index in [4.69, 9.17) is 17.3 Å². The summed E-state index contributed by atoms with van der Waals surface area (Å²) in [5.74, 6) is -1.81. The molecule has 0 saturated carbocycles. The minimum absolute atomic E-state index is 0.229. The summed E-state index contributed by atoms with van der Waals surface area (Å²) in [5, 5.41) is 11.0. The van der Waals surface area contributed by atoms with Gasteiger partial charge >= 0.3 is 5.97 Å². The van der Waals surface area contributed by atoms with Gasteiger partial charge in [-0.15, -0.1) is 0 Å². The van der Waals surface area contributed by atoms with Crippen molar-refractivity contribution in [1.82, 2.24) is 9.47 Å². The number of carbonyl (C=O) groups is 2. The highest BCUT2D eigenvalue weighted by Gasteiger charge is 2.33. The summed E-state index contributed by atoms with van der Waals surface area (Å²) >= 11 is 9.58. The molecule has 0 spiro atoms. The highest BCUT2D eigenvalue weighted by atomic mass is 79.9. The zero-order valence-corrected chi connectivity index (χ0v) is 20.7. The Balaban J connectivity index is 1.58. The van der Waals surface area contributed by atoms with E-state index in [1.807, 2.05) is 48.5 Å². The summed E-state index contributed by atoms with van der Waals surface area (Å²) in [4.78, 5) is 25.2. The Bertz CT molecular complexity index is 1550. The number of aliphatic carboxylic acids is 1. The standard InChI is InChI=1S/C25H16BrFN2O3S2/c26-16-7-6-15(19(27)11-16)12-28-20-4-2-1-3-17(20)18-9-14(5-8-21(18)28)10-22-24(32)29(13-23(30)31)25(33)34-22/h1-11H,12-13H2,(H,30,31)/b22-10-. The number of para-hydroxylation sites is 1. The van der Waals surface area contributed by atoms with Crippen molar-refractivity contribution in [2.45, 2.75) is 6.54 Å². The minimum Gasteiger partial charge on any atom is -0.480 e. The highest BCUT2D eigenvalue weighted by Crippen LogP contribution is 2.35. The van der Waals surface area contributed by atoms with Crippen LogP contribution < -0.4 is 0 Å². The molecule has 0 atom stereocenters. The van der Waals surface area contributed by atoms with Gasteiger partial charge in [-0.25, -0.2) is 4.39 Å². The second-order valence-electron chi connectivity index (χ2n) is 7.78. The Morgan fingerprint density at radius 3 is 2.62 bits per heavy atom. The van der Waals surface area contributed by atoms with E-state index in [2.05, 4.69) is 20.5 Å². The molecule has 2 heterocycles. The maximum atomic E-state index is 14.6. The van der Waals surface area contributed by atoms with Gasteiger partial charge in [0.05, 0.1) is 11.4 Å². The summed E-state index contributed by atoms with van der Waals surface area (Å²) < 4.78 is 17.6. The van der Waals surface area contributed by atoms with Crippen molar-refractivity contribution in [3.8, 4) is 0 Å². The fourth-order valence-corrected chi connectivity index (χ4v) is 5.66. The molecule has 1 aliphatic rings. The number of rotatable bonds is 5. The van der Waals surface area contributed by atoms with E-state index in [1.54, 1.807) is 12.1 Å². The molecule has 1 aliphatic heterocycles. The number of thiocarbonyl (C=S) groups is 1. The third-order valence-electron chi connectivity index (χ3n) is 5.60. The van der Waals surface area contributed by atoms with Crippen molar-refractivity contribution in [1.29, 1.82) is 0 Å². The summed E-state index contributed by atoms with van der Waals surface area (Å²) in [6.45, 7) is -0.0858. The molecule has 1 amide bonds. The summed E-state index contributed by atoms with van der Waals surface area (Å²) in [7, 11) is 0. The molecule has 3 aromatic carbocycles. The molecular weight excluding hydrogens is 539 g/mol. The molecule has 34 heavy (non-hydrogen) atoms. The van der Waals surface area contributed by atoms with Crippen LogP contribution >= 0.6 is 39.9 Å². The largest absolute Gasteiger partial charge is 0.480 e. The van der Waals surface area contributed by atoms with Crippen LogP contribution in [0.2, 0.25) is 0 Å². The molecule has 0 aliphatic carbocycles. The SMILES string of the molecule is O=C(O)CN1C(=O)/C(=C/c2ccc3c(c2)c2ccccc2n3Cc2ccc(Br)cc2F)SC1=S. The van der Waals surface area contributed by atoms with Gasteiger partial charge in [0.1, 0.15) is 16.7 Å². The summed E-state index contributed by atoms with van der Waals surface area (Å²) in [6, 6.07) is 18.8. The quantitative estimate of drug-likeness (QED) is 0.241. The van der Waals surface area contributed by atoms with Gasteiger partial charge in [-0.2, -0.15) is 0 Å². The van der Waals surface area contributed by atoms with E-state index in [0.29, 0.717) is 21.5 Å².